The maximum Gasteiger partial charge on any atom is 0.338 e. The van der Waals surface area contributed by atoms with Gasteiger partial charge in [-0.25, -0.2) is 9.78 Å². The molecule has 0 aliphatic carbocycles. The van der Waals surface area contributed by atoms with Crippen LogP contribution in [0, 0.1) is 12.8 Å². The number of rotatable bonds is 8. The van der Waals surface area contributed by atoms with Crippen molar-refractivity contribution in [2.24, 2.45) is 5.92 Å². The molecule has 5 heteroatoms. The number of benzene rings is 5. The Morgan fingerprint density at radius 3 is 1.82 bits per heavy atom. The van der Waals surface area contributed by atoms with Crippen molar-refractivity contribution >= 4 is 16.7 Å². The van der Waals surface area contributed by atoms with Gasteiger partial charge in [0.1, 0.15) is 11.1 Å². The third kappa shape index (κ3) is 4.61. The summed E-state index contributed by atoms with van der Waals surface area (Å²) >= 11 is 0. The summed E-state index contributed by atoms with van der Waals surface area (Å²) < 4.78 is 7.10. The molecule has 0 radical (unpaired) electrons. The minimum Gasteiger partial charge on any atom is -0.465 e. The molecule has 0 aliphatic heterocycles. The van der Waals surface area contributed by atoms with Crippen LogP contribution in [-0.2, 0) is 15.9 Å². The number of hydrogen-bond acceptors (Lipinski definition) is 4. The van der Waals surface area contributed by atoms with Crippen molar-refractivity contribution in [1.29, 1.82) is 0 Å². The van der Waals surface area contributed by atoms with Gasteiger partial charge in [-0.05, 0) is 63.6 Å². The van der Waals surface area contributed by atoms with E-state index in [9.17, 15) is 9.90 Å². The van der Waals surface area contributed by atoms with E-state index in [0.717, 1.165) is 38.6 Å². The molecule has 6 rings (SSSR count). The summed E-state index contributed by atoms with van der Waals surface area (Å²) in [5, 5.41) is 14.4. The zero-order chi connectivity index (χ0) is 30.9. The fourth-order valence-electron chi connectivity index (χ4n) is 6.52. The Kier molecular flexibility index (Phi) is 7.66. The molecule has 0 fully saturated rings. The summed E-state index contributed by atoms with van der Waals surface area (Å²) in [5.74, 6) is -0.560. The molecule has 0 spiro atoms. The third-order valence-corrected chi connectivity index (χ3v) is 8.91. The van der Waals surface area contributed by atoms with E-state index in [1.807, 2.05) is 75.8 Å². The molecule has 1 heterocycles. The Morgan fingerprint density at radius 2 is 1.32 bits per heavy atom. The molecule has 0 bridgehead atoms. The van der Waals surface area contributed by atoms with Crippen LogP contribution >= 0.6 is 0 Å². The molecule has 1 atom stereocenters. The maximum atomic E-state index is 12.6. The van der Waals surface area contributed by atoms with Crippen molar-refractivity contribution in [3.05, 3.63) is 173 Å². The van der Waals surface area contributed by atoms with Crippen LogP contribution in [0.5, 0.6) is 0 Å². The van der Waals surface area contributed by atoms with E-state index in [2.05, 4.69) is 77.4 Å². The monoisotopic (exact) mass is 580 g/mol. The average molecular weight is 581 g/mol. The lowest BCUT2D eigenvalue weighted by Gasteiger charge is -2.37. The van der Waals surface area contributed by atoms with Gasteiger partial charge in [0.2, 0.25) is 0 Å². The van der Waals surface area contributed by atoms with Crippen molar-refractivity contribution in [3.8, 4) is 0 Å². The number of imidazole rings is 1. The lowest BCUT2D eigenvalue weighted by atomic mass is 9.76. The predicted molar refractivity (Wildman–Crippen MR) is 175 cm³/mol. The molecule has 1 unspecified atom stereocenters. The molecular formula is C39H36N2O3. The average Bonchev–Trinajstić information content (AvgIpc) is 3.57. The molecule has 1 aromatic heterocycles. The van der Waals surface area contributed by atoms with Crippen LogP contribution in [0.2, 0.25) is 0 Å². The lowest BCUT2D eigenvalue weighted by molar-refractivity contribution is 0.0279. The van der Waals surface area contributed by atoms with Gasteiger partial charge in [0, 0.05) is 6.20 Å². The van der Waals surface area contributed by atoms with Crippen LogP contribution in [0.15, 0.2) is 134 Å². The first kappa shape index (κ1) is 29.1. The van der Waals surface area contributed by atoms with Gasteiger partial charge in [0.15, 0.2) is 0 Å². The van der Waals surface area contributed by atoms with E-state index in [1.54, 1.807) is 6.07 Å². The summed E-state index contributed by atoms with van der Waals surface area (Å²) in [6.07, 6.45) is 3.83. The zero-order valence-corrected chi connectivity index (χ0v) is 25.4. The fourth-order valence-corrected chi connectivity index (χ4v) is 6.52. The van der Waals surface area contributed by atoms with E-state index >= 15 is 0 Å². The summed E-state index contributed by atoms with van der Waals surface area (Å²) in [7, 11) is 1.39. The first-order chi connectivity index (χ1) is 21.3. The summed E-state index contributed by atoms with van der Waals surface area (Å²) in [4.78, 5) is 17.2. The minimum atomic E-state index is -1.38. The Balaban J connectivity index is 1.56. The number of fused-ring (bicyclic) bond motifs is 1. The van der Waals surface area contributed by atoms with Crippen LogP contribution in [0.25, 0.3) is 10.8 Å². The fraction of sp³-hybridized carbons (Fsp3) is 0.179. The maximum absolute atomic E-state index is 12.6. The molecule has 44 heavy (non-hydrogen) atoms. The van der Waals surface area contributed by atoms with Crippen molar-refractivity contribution in [3.63, 3.8) is 0 Å². The number of carbonyl (C=O) groups excluding carboxylic acids is 1. The molecule has 1 N–H and O–H groups in total. The number of methoxy groups -OCH3 is 1. The van der Waals surface area contributed by atoms with Crippen LogP contribution in [0.4, 0.5) is 0 Å². The second kappa shape index (κ2) is 11.6. The van der Waals surface area contributed by atoms with Crippen LogP contribution < -0.4 is 0 Å². The highest BCUT2D eigenvalue weighted by molar-refractivity contribution is 5.98. The Hall–Kier alpha value is -5.00. The van der Waals surface area contributed by atoms with E-state index < -0.39 is 11.1 Å². The van der Waals surface area contributed by atoms with Gasteiger partial charge in [-0.2, -0.15) is 0 Å². The van der Waals surface area contributed by atoms with E-state index in [1.165, 1.54) is 7.11 Å². The Morgan fingerprint density at radius 1 is 0.773 bits per heavy atom. The standard InChI is InChI=1S/C39H36N2O3/c1-27(2)39(43,33-21-23-34-28(3)35(37(42)44-4)22-20-29(34)24-33)36-25-41(26-40-36)38(30-14-8-5-9-15-30,31-16-10-6-11-17-31)32-18-12-7-13-19-32/h5-27,43H,1-4H3. The number of ether oxygens (including phenoxy) is 1. The summed E-state index contributed by atoms with van der Waals surface area (Å²) in [6.45, 7) is 5.93. The van der Waals surface area contributed by atoms with Gasteiger partial charge in [-0.15, -0.1) is 0 Å². The molecule has 220 valence electrons. The smallest absolute Gasteiger partial charge is 0.338 e. The van der Waals surface area contributed by atoms with Gasteiger partial charge in [-0.1, -0.05) is 123 Å². The lowest BCUT2D eigenvalue weighted by Crippen LogP contribution is -2.37. The van der Waals surface area contributed by atoms with Crippen molar-refractivity contribution in [2.75, 3.05) is 7.11 Å². The number of aryl methyl sites for hydroxylation is 1. The topological polar surface area (TPSA) is 64.3 Å². The van der Waals surface area contributed by atoms with Gasteiger partial charge < -0.3 is 14.4 Å². The van der Waals surface area contributed by atoms with Gasteiger partial charge >= 0.3 is 5.97 Å². The first-order valence-electron chi connectivity index (χ1n) is 14.9. The summed E-state index contributed by atoms with van der Waals surface area (Å²) in [6, 6.07) is 40.9. The normalized spacial score (nSPS) is 13.1. The highest BCUT2D eigenvalue weighted by Gasteiger charge is 2.42. The van der Waals surface area contributed by atoms with E-state index in [-0.39, 0.29) is 11.9 Å². The van der Waals surface area contributed by atoms with E-state index in [0.29, 0.717) is 11.3 Å². The van der Waals surface area contributed by atoms with Gasteiger partial charge in [-0.3, -0.25) is 0 Å². The molecule has 0 aliphatic rings. The highest BCUT2D eigenvalue weighted by atomic mass is 16.5. The van der Waals surface area contributed by atoms with Crippen molar-refractivity contribution in [2.45, 2.75) is 31.9 Å². The molecule has 0 saturated heterocycles. The molecule has 0 saturated carbocycles. The van der Waals surface area contributed by atoms with Gasteiger partial charge in [0.05, 0.1) is 24.7 Å². The molecule has 0 amide bonds. The Bertz CT molecular complexity index is 1820. The predicted octanol–water partition coefficient (Wildman–Crippen LogP) is 7.86. The van der Waals surface area contributed by atoms with Crippen LogP contribution in [0.1, 0.15) is 57.7 Å². The number of aromatic nitrogens is 2. The molecule has 5 aromatic carbocycles. The minimum absolute atomic E-state index is 0.196. The SMILES string of the molecule is COC(=O)c1ccc2cc(C(O)(c3cn(C(c4ccccc4)(c4ccccc4)c4ccccc4)cn3)C(C)C)ccc2c1C. The van der Waals surface area contributed by atoms with Crippen LogP contribution in [-0.4, -0.2) is 27.7 Å². The second-order valence-corrected chi connectivity index (χ2v) is 11.6. The number of nitrogens with zero attached hydrogens (tertiary/aromatic N) is 2. The quantitative estimate of drug-likeness (QED) is 0.147. The third-order valence-electron chi connectivity index (χ3n) is 8.91. The van der Waals surface area contributed by atoms with E-state index in [4.69, 9.17) is 9.72 Å². The number of hydrogen-bond donors (Lipinski definition) is 1. The number of aliphatic hydroxyl groups is 1. The number of carbonyl (C=O) groups is 1. The molecule has 6 aromatic rings. The zero-order valence-electron chi connectivity index (χ0n) is 25.4. The van der Waals surface area contributed by atoms with Gasteiger partial charge in [0.25, 0.3) is 0 Å². The largest absolute Gasteiger partial charge is 0.465 e. The van der Waals surface area contributed by atoms with Crippen molar-refractivity contribution < 1.29 is 14.6 Å². The Labute approximate surface area is 258 Å². The number of esters is 1. The molecular weight excluding hydrogens is 544 g/mol. The van der Waals surface area contributed by atoms with Crippen LogP contribution in [0.3, 0.4) is 0 Å². The molecule has 5 nitrogen and oxygen atoms in total. The second-order valence-electron chi connectivity index (χ2n) is 11.6. The van der Waals surface area contributed by atoms with Crippen molar-refractivity contribution in [1.82, 2.24) is 9.55 Å². The summed E-state index contributed by atoms with van der Waals surface area (Å²) in [5.41, 5.74) is 3.79. The first-order valence-corrected chi connectivity index (χ1v) is 14.9. The highest BCUT2D eigenvalue weighted by Crippen LogP contribution is 2.43.